The molecular formula is C18H20BrNO. The summed E-state index contributed by atoms with van der Waals surface area (Å²) in [6.07, 6.45) is 1.05. The van der Waals surface area contributed by atoms with Gasteiger partial charge in [-0.15, -0.1) is 0 Å². The number of carbonyl (C=O) groups is 1. The molecule has 1 N–H and O–H groups in total. The van der Waals surface area contributed by atoms with Gasteiger partial charge in [0.25, 0.3) is 5.91 Å². The summed E-state index contributed by atoms with van der Waals surface area (Å²) in [5, 5.41) is 3.03. The standard InChI is InChI=1S/C18H20BrNO/c1-4-12(2)15-7-5-6-8-17(15)20-18(21)14-9-10-16(19)13(3)11-14/h5-12H,4H2,1-3H3,(H,20,21). The Bertz CT molecular complexity index is 651. The summed E-state index contributed by atoms with van der Waals surface area (Å²) < 4.78 is 1.01. The molecule has 2 rings (SSSR count). The fraction of sp³-hybridized carbons (Fsp3) is 0.278. The highest BCUT2D eigenvalue weighted by Gasteiger charge is 2.12. The van der Waals surface area contributed by atoms with Gasteiger partial charge in [-0.3, -0.25) is 4.79 Å². The van der Waals surface area contributed by atoms with Crippen LogP contribution in [-0.2, 0) is 0 Å². The zero-order chi connectivity index (χ0) is 15.4. The van der Waals surface area contributed by atoms with Crippen LogP contribution in [0.2, 0.25) is 0 Å². The molecule has 21 heavy (non-hydrogen) atoms. The van der Waals surface area contributed by atoms with Gasteiger partial charge in [0.15, 0.2) is 0 Å². The molecule has 0 radical (unpaired) electrons. The third kappa shape index (κ3) is 3.73. The minimum atomic E-state index is -0.0682. The summed E-state index contributed by atoms with van der Waals surface area (Å²) in [4.78, 5) is 12.4. The summed E-state index contributed by atoms with van der Waals surface area (Å²) in [6.45, 7) is 6.31. The van der Waals surface area contributed by atoms with Crippen LogP contribution in [0.15, 0.2) is 46.9 Å². The number of hydrogen-bond donors (Lipinski definition) is 1. The molecule has 0 spiro atoms. The predicted octanol–water partition coefficient (Wildman–Crippen LogP) is 5.52. The minimum Gasteiger partial charge on any atom is -0.322 e. The predicted molar refractivity (Wildman–Crippen MR) is 92.0 cm³/mol. The summed E-state index contributed by atoms with van der Waals surface area (Å²) in [5.41, 5.74) is 3.81. The minimum absolute atomic E-state index is 0.0682. The quantitative estimate of drug-likeness (QED) is 0.776. The van der Waals surface area contributed by atoms with Crippen LogP contribution < -0.4 is 5.32 Å². The molecule has 1 atom stereocenters. The number of benzene rings is 2. The molecular weight excluding hydrogens is 326 g/mol. The van der Waals surface area contributed by atoms with Crippen molar-refractivity contribution in [2.75, 3.05) is 5.32 Å². The lowest BCUT2D eigenvalue weighted by Gasteiger charge is -2.15. The number of hydrogen-bond acceptors (Lipinski definition) is 1. The van der Waals surface area contributed by atoms with Crippen molar-refractivity contribution < 1.29 is 4.79 Å². The van der Waals surface area contributed by atoms with Gasteiger partial charge in [0.2, 0.25) is 0 Å². The lowest BCUT2D eigenvalue weighted by Crippen LogP contribution is -2.14. The van der Waals surface area contributed by atoms with Gasteiger partial charge >= 0.3 is 0 Å². The number of para-hydroxylation sites is 1. The first-order valence-corrected chi connectivity index (χ1v) is 7.98. The summed E-state index contributed by atoms with van der Waals surface area (Å²) in [5.74, 6) is 0.356. The molecule has 0 aliphatic heterocycles. The molecule has 1 unspecified atom stereocenters. The van der Waals surface area contributed by atoms with Crippen molar-refractivity contribution in [3.63, 3.8) is 0 Å². The van der Waals surface area contributed by atoms with Crippen molar-refractivity contribution in [3.05, 3.63) is 63.6 Å². The number of carbonyl (C=O) groups excluding carboxylic acids is 1. The van der Waals surface area contributed by atoms with E-state index in [1.807, 2.05) is 43.3 Å². The SMILES string of the molecule is CCC(C)c1ccccc1NC(=O)c1ccc(Br)c(C)c1. The maximum Gasteiger partial charge on any atom is 0.255 e. The molecule has 2 nitrogen and oxygen atoms in total. The number of amides is 1. The maximum absolute atomic E-state index is 12.4. The van der Waals surface area contributed by atoms with Crippen molar-refractivity contribution in [1.82, 2.24) is 0 Å². The topological polar surface area (TPSA) is 29.1 Å². The van der Waals surface area contributed by atoms with E-state index < -0.39 is 0 Å². The Kier molecular flexibility index (Phi) is 5.18. The first kappa shape index (κ1) is 15.8. The Hall–Kier alpha value is -1.61. The largest absolute Gasteiger partial charge is 0.322 e. The zero-order valence-corrected chi connectivity index (χ0v) is 14.2. The van der Waals surface area contributed by atoms with E-state index in [1.54, 1.807) is 0 Å². The molecule has 0 aromatic heterocycles. The molecule has 0 fully saturated rings. The summed E-state index contributed by atoms with van der Waals surface area (Å²) in [7, 11) is 0. The van der Waals surface area contributed by atoms with E-state index in [2.05, 4.69) is 41.2 Å². The molecule has 0 saturated heterocycles. The molecule has 0 aliphatic rings. The monoisotopic (exact) mass is 345 g/mol. The summed E-state index contributed by atoms with van der Waals surface area (Å²) in [6, 6.07) is 13.6. The van der Waals surface area contributed by atoms with Crippen molar-refractivity contribution in [1.29, 1.82) is 0 Å². The van der Waals surface area contributed by atoms with Crippen LogP contribution >= 0.6 is 15.9 Å². The third-order valence-electron chi connectivity index (χ3n) is 3.77. The van der Waals surface area contributed by atoms with Crippen LogP contribution in [0.25, 0.3) is 0 Å². The highest BCUT2D eigenvalue weighted by Crippen LogP contribution is 2.27. The number of rotatable bonds is 4. The van der Waals surface area contributed by atoms with Gasteiger partial charge in [0.05, 0.1) is 0 Å². The third-order valence-corrected chi connectivity index (χ3v) is 4.66. The number of anilines is 1. The second kappa shape index (κ2) is 6.90. The van der Waals surface area contributed by atoms with Crippen LogP contribution in [0.4, 0.5) is 5.69 Å². The number of aryl methyl sites for hydroxylation is 1. The Labute approximate surface area is 134 Å². The lowest BCUT2D eigenvalue weighted by molar-refractivity contribution is 0.102. The van der Waals surface area contributed by atoms with Crippen molar-refractivity contribution in [2.24, 2.45) is 0 Å². The molecule has 2 aromatic rings. The van der Waals surface area contributed by atoms with Crippen LogP contribution in [-0.4, -0.2) is 5.91 Å². The second-order valence-electron chi connectivity index (χ2n) is 5.31. The fourth-order valence-corrected chi connectivity index (χ4v) is 2.49. The van der Waals surface area contributed by atoms with E-state index in [0.29, 0.717) is 11.5 Å². The van der Waals surface area contributed by atoms with Crippen LogP contribution in [0.1, 0.15) is 47.7 Å². The van der Waals surface area contributed by atoms with Crippen molar-refractivity contribution in [3.8, 4) is 0 Å². The second-order valence-corrected chi connectivity index (χ2v) is 6.17. The van der Waals surface area contributed by atoms with Gasteiger partial charge in [0.1, 0.15) is 0 Å². The molecule has 110 valence electrons. The van der Waals surface area contributed by atoms with E-state index in [-0.39, 0.29) is 5.91 Å². The molecule has 3 heteroatoms. The van der Waals surface area contributed by atoms with Crippen LogP contribution in [0, 0.1) is 6.92 Å². The Morgan fingerprint density at radius 3 is 2.62 bits per heavy atom. The fourth-order valence-electron chi connectivity index (χ4n) is 2.24. The lowest BCUT2D eigenvalue weighted by atomic mass is 9.96. The van der Waals surface area contributed by atoms with E-state index in [0.717, 1.165) is 22.1 Å². The first-order chi connectivity index (χ1) is 10.0. The van der Waals surface area contributed by atoms with Crippen LogP contribution in [0.3, 0.4) is 0 Å². The van der Waals surface area contributed by atoms with Gasteiger partial charge in [0, 0.05) is 15.7 Å². The van der Waals surface area contributed by atoms with E-state index in [1.165, 1.54) is 5.56 Å². The highest BCUT2D eigenvalue weighted by atomic mass is 79.9. The molecule has 0 bridgehead atoms. The number of halogens is 1. The van der Waals surface area contributed by atoms with Gasteiger partial charge in [-0.25, -0.2) is 0 Å². The van der Waals surface area contributed by atoms with E-state index >= 15 is 0 Å². The highest BCUT2D eigenvalue weighted by molar-refractivity contribution is 9.10. The Balaban J connectivity index is 2.25. The Morgan fingerprint density at radius 1 is 1.24 bits per heavy atom. The van der Waals surface area contributed by atoms with Gasteiger partial charge in [-0.1, -0.05) is 48.0 Å². The smallest absolute Gasteiger partial charge is 0.255 e. The molecule has 0 aliphatic carbocycles. The van der Waals surface area contributed by atoms with Gasteiger partial charge < -0.3 is 5.32 Å². The average molecular weight is 346 g/mol. The summed E-state index contributed by atoms with van der Waals surface area (Å²) >= 11 is 3.45. The zero-order valence-electron chi connectivity index (χ0n) is 12.6. The first-order valence-electron chi connectivity index (χ1n) is 7.19. The molecule has 2 aromatic carbocycles. The normalized spacial score (nSPS) is 12.0. The molecule has 0 heterocycles. The van der Waals surface area contributed by atoms with Crippen LogP contribution in [0.5, 0.6) is 0 Å². The van der Waals surface area contributed by atoms with Gasteiger partial charge in [-0.05, 0) is 54.7 Å². The molecule has 1 amide bonds. The van der Waals surface area contributed by atoms with Crippen molar-refractivity contribution >= 4 is 27.5 Å². The van der Waals surface area contributed by atoms with E-state index in [4.69, 9.17) is 0 Å². The van der Waals surface area contributed by atoms with Crippen molar-refractivity contribution in [2.45, 2.75) is 33.1 Å². The molecule has 0 saturated carbocycles. The Morgan fingerprint density at radius 2 is 1.95 bits per heavy atom. The maximum atomic E-state index is 12.4. The number of nitrogens with one attached hydrogen (secondary N) is 1. The average Bonchev–Trinajstić information content (AvgIpc) is 2.49. The van der Waals surface area contributed by atoms with Gasteiger partial charge in [-0.2, -0.15) is 0 Å². The van der Waals surface area contributed by atoms with E-state index in [9.17, 15) is 4.79 Å².